The predicted octanol–water partition coefficient (Wildman–Crippen LogP) is 1.08. The van der Waals surface area contributed by atoms with Gasteiger partial charge >= 0.3 is 5.97 Å². The number of rotatable bonds is 3. The summed E-state index contributed by atoms with van der Waals surface area (Å²) in [7, 11) is 1.18. The number of aliphatic hydroxyl groups is 1. The first-order valence-corrected chi connectivity index (χ1v) is 6.60. The van der Waals surface area contributed by atoms with Gasteiger partial charge in [0.25, 0.3) is 5.56 Å². The van der Waals surface area contributed by atoms with Gasteiger partial charge in [-0.25, -0.2) is 9.78 Å². The van der Waals surface area contributed by atoms with E-state index < -0.39 is 11.6 Å². The minimum absolute atomic E-state index is 0.228. The monoisotopic (exact) mass is 340 g/mol. The molecular formula is C13H13BrN2O4. The summed E-state index contributed by atoms with van der Waals surface area (Å²) in [6.45, 7) is 1.06. The highest BCUT2D eigenvalue weighted by Crippen LogP contribution is 2.15. The summed E-state index contributed by atoms with van der Waals surface area (Å²) in [6, 6.07) is 5.14. The third-order valence-corrected chi connectivity index (χ3v) is 3.38. The molecule has 1 aromatic carbocycles. The van der Waals surface area contributed by atoms with Crippen LogP contribution >= 0.6 is 15.9 Å². The number of carbonyl (C=O) groups is 1. The van der Waals surface area contributed by atoms with E-state index in [4.69, 9.17) is 0 Å². The van der Waals surface area contributed by atoms with E-state index in [1.165, 1.54) is 24.9 Å². The number of benzene rings is 1. The average Bonchev–Trinajstić information content (AvgIpc) is 2.41. The summed E-state index contributed by atoms with van der Waals surface area (Å²) >= 11 is 3.29. The van der Waals surface area contributed by atoms with Gasteiger partial charge in [0, 0.05) is 4.47 Å². The number of methoxy groups -OCH3 is 1. The Balaban J connectivity index is 2.49. The van der Waals surface area contributed by atoms with Crippen LogP contribution in [-0.4, -0.2) is 33.3 Å². The Morgan fingerprint density at radius 3 is 2.90 bits per heavy atom. The normalized spacial score (nSPS) is 14.0. The molecule has 0 saturated heterocycles. The van der Waals surface area contributed by atoms with Crippen LogP contribution in [0.15, 0.2) is 33.8 Å². The first-order chi connectivity index (χ1) is 9.35. The maximum Gasteiger partial charge on any atom is 0.339 e. The number of esters is 1. The quantitative estimate of drug-likeness (QED) is 0.845. The van der Waals surface area contributed by atoms with Crippen LogP contribution in [0, 0.1) is 0 Å². The van der Waals surface area contributed by atoms with Gasteiger partial charge in [-0.3, -0.25) is 9.36 Å². The number of hydrogen-bond acceptors (Lipinski definition) is 5. The van der Waals surface area contributed by atoms with Crippen molar-refractivity contribution in [3.05, 3.63) is 39.4 Å². The molecule has 1 N–H and O–H groups in total. The molecule has 1 atom stereocenters. The largest absolute Gasteiger partial charge is 0.467 e. The summed E-state index contributed by atoms with van der Waals surface area (Å²) in [5.41, 5.74) is -1.58. The maximum absolute atomic E-state index is 12.3. The van der Waals surface area contributed by atoms with Crippen molar-refractivity contribution in [3.8, 4) is 0 Å². The SMILES string of the molecule is COC(=O)C(C)(O)Cn1cnc2ccc(Br)cc2c1=O. The summed E-state index contributed by atoms with van der Waals surface area (Å²) in [5.74, 6) is -0.807. The van der Waals surface area contributed by atoms with E-state index in [0.29, 0.717) is 10.9 Å². The summed E-state index contributed by atoms with van der Waals surface area (Å²) in [4.78, 5) is 27.9. The second-order valence-corrected chi connectivity index (χ2v) is 5.52. The van der Waals surface area contributed by atoms with Crippen molar-refractivity contribution < 1.29 is 14.6 Å². The zero-order valence-electron chi connectivity index (χ0n) is 11.0. The fourth-order valence-electron chi connectivity index (χ4n) is 1.86. The van der Waals surface area contributed by atoms with Crippen molar-refractivity contribution in [3.63, 3.8) is 0 Å². The molecule has 0 fully saturated rings. The van der Waals surface area contributed by atoms with Crippen LogP contribution < -0.4 is 5.56 Å². The van der Waals surface area contributed by atoms with E-state index in [9.17, 15) is 14.7 Å². The van der Waals surface area contributed by atoms with Gasteiger partial charge in [-0.05, 0) is 25.1 Å². The van der Waals surface area contributed by atoms with E-state index in [1.807, 2.05) is 0 Å². The number of halogens is 1. The van der Waals surface area contributed by atoms with Crippen molar-refractivity contribution in [2.45, 2.75) is 19.1 Å². The first-order valence-electron chi connectivity index (χ1n) is 5.80. The molecule has 6 nitrogen and oxygen atoms in total. The molecule has 20 heavy (non-hydrogen) atoms. The Labute approximate surface area is 123 Å². The Bertz CT molecular complexity index is 724. The molecule has 0 amide bonds. The number of nitrogens with zero attached hydrogens (tertiary/aromatic N) is 2. The Morgan fingerprint density at radius 1 is 1.55 bits per heavy atom. The smallest absolute Gasteiger partial charge is 0.339 e. The van der Waals surface area contributed by atoms with Crippen LogP contribution in [0.1, 0.15) is 6.92 Å². The summed E-state index contributed by atoms with van der Waals surface area (Å²) in [6.07, 6.45) is 1.30. The molecular weight excluding hydrogens is 328 g/mol. The fourth-order valence-corrected chi connectivity index (χ4v) is 2.22. The number of hydrogen-bond donors (Lipinski definition) is 1. The number of ether oxygens (including phenoxy) is 1. The van der Waals surface area contributed by atoms with Crippen LogP contribution in [0.2, 0.25) is 0 Å². The molecule has 1 heterocycles. The highest BCUT2D eigenvalue weighted by molar-refractivity contribution is 9.10. The minimum atomic E-state index is -1.79. The Hall–Kier alpha value is -1.73. The van der Waals surface area contributed by atoms with Gasteiger partial charge in [-0.1, -0.05) is 15.9 Å². The van der Waals surface area contributed by atoms with E-state index >= 15 is 0 Å². The highest BCUT2D eigenvalue weighted by atomic mass is 79.9. The van der Waals surface area contributed by atoms with Crippen LogP contribution in [0.3, 0.4) is 0 Å². The second-order valence-electron chi connectivity index (χ2n) is 4.60. The molecule has 1 unspecified atom stereocenters. The standard InChI is InChI=1S/C13H13BrN2O4/c1-13(19,12(18)20-2)6-16-7-15-10-4-3-8(14)5-9(10)11(16)17/h3-5,7,19H,6H2,1-2H3. The first kappa shape index (κ1) is 14.7. The Kier molecular flexibility index (Phi) is 3.92. The molecule has 7 heteroatoms. The molecule has 0 radical (unpaired) electrons. The molecule has 0 bridgehead atoms. The van der Waals surface area contributed by atoms with E-state index in [-0.39, 0.29) is 12.1 Å². The number of fused-ring (bicyclic) bond motifs is 1. The lowest BCUT2D eigenvalue weighted by Crippen LogP contribution is -2.43. The second kappa shape index (κ2) is 5.34. The molecule has 0 saturated carbocycles. The third kappa shape index (κ3) is 2.73. The molecule has 0 aliphatic heterocycles. The lowest BCUT2D eigenvalue weighted by atomic mass is 10.1. The number of aromatic nitrogens is 2. The van der Waals surface area contributed by atoms with Gasteiger partial charge in [-0.2, -0.15) is 0 Å². The molecule has 106 valence electrons. The van der Waals surface area contributed by atoms with Crippen LogP contribution in [0.4, 0.5) is 0 Å². The number of carbonyl (C=O) groups excluding carboxylic acids is 1. The van der Waals surface area contributed by atoms with Gasteiger partial charge in [-0.15, -0.1) is 0 Å². The topological polar surface area (TPSA) is 81.4 Å². The molecule has 2 rings (SSSR count). The maximum atomic E-state index is 12.3. The summed E-state index contributed by atoms with van der Waals surface area (Å²) in [5, 5.41) is 10.4. The van der Waals surface area contributed by atoms with Crippen LogP contribution in [0.5, 0.6) is 0 Å². The lowest BCUT2D eigenvalue weighted by Gasteiger charge is -2.21. The fraction of sp³-hybridized carbons (Fsp3) is 0.308. The molecule has 1 aromatic heterocycles. The van der Waals surface area contributed by atoms with E-state index in [2.05, 4.69) is 25.7 Å². The van der Waals surface area contributed by atoms with E-state index in [1.54, 1.807) is 18.2 Å². The van der Waals surface area contributed by atoms with Crippen molar-refractivity contribution >= 4 is 32.8 Å². The van der Waals surface area contributed by atoms with Crippen LogP contribution in [0.25, 0.3) is 10.9 Å². The van der Waals surface area contributed by atoms with Gasteiger partial charge in [0.2, 0.25) is 0 Å². The summed E-state index contributed by atoms with van der Waals surface area (Å²) < 4.78 is 6.44. The van der Waals surface area contributed by atoms with Gasteiger partial charge < -0.3 is 9.84 Å². The zero-order valence-corrected chi connectivity index (χ0v) is 12.5. The zero-order chi connectivity index (χ0) is 14.9. The van der Waals surface area contributed by atoms with Gasteiger partial charge in [0.15, 0.2) is 5.60 Å². The average molecular weight is 341 g/mol. The molecule has 0 spiro atoms. The predicted molar refractivity (Wildman–Crippen MR) is 76.3 cm³/mol. The minimum Gasteiger partial charge on any atom is -0.467 e. The lowest BCUT2D eigenvalue weighted by molar-refractivity contribution is -0.161. The van der Waals surface area contributed by atoms with Crippen molar-refractivity contribution in [2.75, 3.05) is 7.11 Å². The van der Waals surface area contributed by atoms with Crippen molar-refractivity contribution in [1.29, 1.82) is 0 Å². The molecule has 2 aromatic rings. The molecule has 0 aliphatic carbocycles. The third-order valence-electron chi connectivity index (χ3n) is 2.89. The van der Waals surface area contributed by atoms with Crippen LogP contribution in [-0.2, 0) is 16.1 Å². The van der Waals surface area contributed by atoms with E-state index in [0.717, 1.165) is 4.47 Å². The highest BCUT2D eigenvalue weighted by Gasteiger charge is 2.32. The van der Waals surface area contributed by atoms with Gasteiger partial charge in [0.1, 0.15) is 0 Å². The van der Waals surface area contributed by atoms with Crippen molar-refractivity contribution in [1.82, 2.24) is 9.55 Å². The molecule has 0 aliphatic rings. The van der Waals surface area contributed by atoms with Gasteiger partial charge in [0.05, 0.1) is 30.9 Å². The Morgan fingerprint density at radius 2 is 2.25 bits per heavy atom. The van der Waals surface area contributed by atoms with Crippen molar-refractivity contribution in [2.24, 2.45) is 0 Å².